The number of ether oxygens (including phenoxy) is 1. The topological polar surface area (TPSA) is 101 Å². The number of halogens is 1. The van der Waals surface area contributed by atoms with Crippen LogP contribution < -0.4 is 10.1 Å². The summed E-state index contributed by atoms with van der Waals surface area (Å²) in [5.74, 6) is -1.53. The molecule has 33 heavy (non-hydrogen) atoms. The Kier molecular flexibility index (Phi) is 6.12. The Morgan fingerprint density at radius 2 is 1.55 bits per heavy atom. The molecule has 0 fully saturated rings. The van der Waals surface area contributed by atoms with Crippen molar-refractivity contribution in [1.29, 1.82) is 0 Å². The van der Waals surface area contributed by atoms with Gasteiger partial charge in [-0.15, -0.1) is 0 Å². The molecule has 0 radical (unpaired) electrons. The predicted octanol–water partition coefficient (Wildman–Crippen LogP) is 4.04. The molecule has 9 heteroatoms. The van der Waals surface area contributed by atoms with E-state index in [4.69, 9.17) is 4.74 Å². The number of rotatable bonds is 7. The second-order valence-corrected chi connectivity index (χ2v) is 7.54. The molecule has 1 aliphatic heterocycles. The van der Waals surface area contributed by atoms with Crippen molar-refractivity contribution >= 4 is 23.4 Å². The van der Waals surface area contributed by atoms with Crippen LogP contribution in [-0.4, -0.2) is 39.1 Å². The number of amides is 3. The van der Waals surface area contributed by atoms with E-state index in [0.717, 1.165) is 4.90 Å². The van der Waals surface area contributed by atoms with Crippen LogP contribution in [-0.2, 0) is 4.79 Å². The molecule has 8 nitrogen and oxygen atoms in total. The highest BCUT2D eigenvalue weighted by Gasteiger charge is 2.34. The van der Waals surface area contributed by atoms with Gasteiger partial charge in [-0.25, -0.2) is 4.39 Å². The minimum Gasteiger partial charge on any atom is -0.421 e. The van der Waals surface area contributed by atoms with Crippen LogP contribution in [0.1, 0.15) is 44.9 Å². The zero-order valence-electron chi connectivity index (χ0n) is 18.1. The van der Waals surface area contributed by atoms with Crippen LogP contribution in [0.25, 0.3) is 0 Å². The van der Waals surface area contributed by atoms with Gasteiger partial charge in [0.25, 0.3) is 11.8 Å². The van der Waals surface area contributed by atoms with Crippen LogP contribution in [0.3, 0.4) is 0 Å². The minimum atomic E-state index is -0.535. The number of fused-ring (bicyclic) bond motifs is 1. The SMILES string of the molecule is Cc1nc(Oc2ccccc2F)nc(C)c1NC(=O)CCCN1C(=O)c2ccccc2C1=O. The number of nitrogens with zero attached hydrogens (tertiary/aromatic N) is 3. The normalized spacial score (nSPS) is 12.6. The van der Waals surface area contributed by atoms with Crippen molar-refractivity contribution in [2.24, 2.45) is 0 Å². The van der Waals surface area contributed by atoms with Crippen LogP contribution in [0.2, 0.25) is 0 Å². The Morgan fingerprint density at radius 3 is 2.15 bits per heavy atom. The third-order valence-corrected chi connectivity index (χ3v) is 5.22. The Bertz CT molecular complexity index is 1200. The number of carbonyl (C=O) groups excluding carboxylic acids is 3. The lowest BCUT2D eigenvalue weighted by Crippen LogP contribution is -2.31. The lowest BCUT2D eigenvalue weighted by Gasteiger charge is -2.15. The second kappa shape index (κ2) is 9.15. The molecule has 0 aliphatic carbocycles. The molecule has 0 saturated carbocycles. The summed E-state index contributed by atoms with van der Waals surface area (Å²) in [4.78, 5) is 46.8. The number of aryl methyl sites for hydroxylation is 2. The van der Waals surface area contributed by atoms with Crippen LogP contribution >= 0.6 is 0 Å². The molecule has 2 aromatic carbocycles. The fourth-order valence-electron chi connectivity index (χ4n) is 3.58. The summed E-state index contributed by atoms with van der Waals surface area (Å²) in [6.07, 6.45) is 0.407. The summed E-state index contributed by atoms with van der Waals surface area (Å²) >= 11 is 0. The van der Waals surface area contributed by atoms with Crippen LogP contribution in [0.15, 0.2) is 48.5 Å². The monoisotopic (exact) mass is 448 g/mol. The Balaban J connectivity index is 1.35. The standard InChI is InChI=1S/C24H21FN4O4/c1-14-21(15(2)27-24(26-14)33-19-11-6-5-10-18(19)25)28-20(30)12-7-13-29-22(31)16-8-3-4-9-17(16)23(29)32/h3-6,8-11H,7,12-13H2,1-2H3,(H,28,30). The number of hydrogen-bond donors (Lipinski definition) is 1. The van der Waals surface area contributed by atoms with Gasteiger partial charge in [0.05, 0.1) is 28.2 Å². The first-order chi connectivity index (χ1) is 15.8. The van der Waals surface area contributed by atoms with E-state index < -0.39 is 5.82 Å². The molecule has 168 valence electrons. The number of carbonyl (C=O) groups is 3. The molecule has 0 bridgehead atoms. The van der Waals surface area contributed by atoms with Gasteiger partial charge in [0.1, 0.15) is 0 Å². The maximum Gasteiger partial charge on any atom is 0.322 e. The molecule has 0 saturated heterocycles. The highest BCUT2D eigenvalue weighted by molar-refractivity contribution is 6.21. The van der Waals surface area contributed by atoms with Crippen molar-refractivity contribution in [1.82, 2.24) is 14.9 Å². The number of hydrogen-bond acceptors (Lipinski definition) is 6. The van der Waals surface area contributed by atoms with Gasteiger partial charge in [-0.1, -0.05) is 24.3 Å². The van der Waals surface area contributed by atoms with E-state index in [1.165, 1.54) is 12.1 Å². The summed E-state index contributed by atoms with van der Waals surface area (Å²) < 4.78 is 19.2. The van der Waals surface area contributed by atoms with Gasteiger partial charge in [0.2, 0.25) is 5.91 Å². The number of anilines is 1. The fourth-order valence-corrected chi connectivity index (χ4v) is 3.58. The first kappa shape index (κ1) is 22.1. The minimum absolute atomic E-state index is 0.00115. The average molecular weight is 448 g/mol. The predicted molar refractivity (Wildman–Crippen MR) is 118 cm³/mol. The maximum atomic E-state index is 13.8. The summed E-state index contributed by atoms with van der Waals surface area (Å²) in [6, 6.07) is 12.5. The van der Waals surface area contributed by atoms with Crippen molar-refractivity contribution in [3.63, 3.8) is 0 Å². The fraction of sp³-hybridized carbons (Fsp3) is 0.208. The summed E-state index contributed by atoms with van der Waals surface area (Å²) in [7, 11) is 0. The van der Waals surface area contributed by atoms with Crippen LogP contribution in [0, 0.1) is 19.7 Å². The number of aromatic nitrogens is 2. The molecule has 2 heterocycles. The summed E-state index contributed by atoms with van der Waals surface area (Å²) in [6.45, 7) is 3.50. The average Bonchev–Trinajstić information content (AvgIpc) is 3.03. The molecule has 0 atom stereocenters. The van der Waals surface area contributed by atoms with Gasteiger partial charge < -0.3 is 10.1 Å². The molecule has 3 amide bonds. The number of imide groups is 1. The molecule has 1 aliphatic rings. The molecule has 0 spiro atoms. The first-order valence-electron chi connectivity index (χ1n) is 10.4. The van der Waals surface area contributed by atoms with Crippen molar-refractivity contribution in [3.8, 4) is 11.8 Å². The molecule has 4 rings (SSSR count). The van der Waals surface area contributed by atoms with Gasteiger partial charge >= 0.3 is 6.01 Å². The maximum absolute atomic E-state index is 13.8. The van der Waals surface area contributed by atoms with E-state index in [-0.39, 0.29) is 42.4 Å². The van der Waals surface area contributed by atoms with E-state index in [2.05, 4.69) is 15.3 Å². The smallest absolute Gasteiger partial charge is 0.322 e. The molecule has 0 unspecified atom stereocenters. The number of benzene rings is 2. The highest BCUT2D eigenvalue weighted by atomic mass is 19.1. The van der Waals surface area contributed by atoms with Gasteiger partial charge in [-0.05, 0) is 44.5 Å². The highest BCUT2D eigenvalue weighted by Crippen LogP contribution is 2.26. The summed E-state index contributed by atoms with van der Waals surface area (Å²) in [5.41, 5.74) is 2.12. The zero-order valence-corrected chi connectivity index (χ0v) is 18.1. The third-order valence-electron chi connectivity index (χ3n) is 5.22. The molecular weight excluding hydrogens is 427 g/mol. The van der Waals surface area contributed by atoms with E-state index in [1.54, 1.807) is 50.2 Å². The third kappa shape index (κ3) is 4.57. The summed E-state index contributed by atoms with van der Waals surface area (Å²) in [5, 5.41) is 2.76. The number of para-hydroxylation sites is 1. The van der Waals surface area contributed by atoms with Gasteiger partial charge in [-0.3, -0.25) is 19.3 Å². The molecular formula is C24H21FN4O4. The van der Waals surface area contributed by atoms with Crippen molar-refractivity contribution < 1.29 is 23.5 Å². The lowest BCUT2D eigenvalue weighted by atomic mass is 10.1. The van der Waals surface area contributed by atoms with Gasteiger partial charge in [0, 0.05) is 13.0 Å². The Hall–Kier alpha value is -4.14. The van der Waals surface area contributed by atoms with Crippen LogP contribution in [0.5, 0.6) is 11.8 Å². The van der Waals surface area contributed by atoms with E-state index in [1.807, 2.05) is 0 Å². The van der Waals surface area contributed by atoms with E-state index >= 15 is 0 Å². The quantitative estimate of drug-likeness (QED) is 0.548. The molecule has 1 aromatic heterocycles. The van der Waals surface area contributed by atoms with E-state index in [9.17, 15) is 18.8 Å². The first-order valence-corrected chi connectivity index (χ1v) is 10.4. The number of nitrogens with one attached hydrogen (secondary N) is 1. The van der Waals surface area contributed by atoms with Crippen molar-refractivity contribution in [2.45, 2.75) is 26.7 Å². The van der Waals surface area contributed by atoms with Crippen molar-refractivity contribution in [3.05, 3.63) is 76.9 Å². The molecule has 1 N–H and O–H groups in total. The molecule has 3 aromatic rings. The van der Waals surface area contributed by atoms with Gasteiger partial charge in [-0.2, -0.15) is 9.97 Å². The van der Waals surface area contributed by atoms with Crippen molar-refractivity contribution in [2.75, 3.05) is 11.9 Å². The largest absolute Gasteiger partial charge is 0.421 e. The lowest BCUT2D eigenvalue weighted by molar-refractivity contribution is -0.116. The Labute approximate surface area is 189 Å². The second-order valence-electron chi connectivity index (χ2n) is 7.54. The van der Waals surface area contributed by atoms with E-state index in [0.29, 0.717) is 34.6 Å². The Morgan fingerprint density at radius 1 is 0.970 bits per heavy atom. The zero-order chi connectivity index (χ0) is 23.5. The van der Waals surface area contributed by atoms with Gasteiger partial charge in [0.15, 0.2) is 11.6 Å². The van der Waals surface area contributed by atoms with Crippen LogP contribution in [0.4, 0.5) is 10.1 Å².